The Kier molecular flexibility index (Phi) is 5.95. The predicted octanol–water partition coefficient (Wildman–Crippen LogP) is 3.57. The number of ether oxygens (including phenoxy) is 1. The van der Waals surface area contributed by atoms with Gasteiger partial charge in [-0.15, -0.1) is 0 Å². The van der Waals surface area contributed by atoms with E-state index in [-0.39, 0.29) is 11.9 Å². The lowest BCUT2D eigenvalue weighted by molar-refractivity contribution is 0.0673. The summed E-state index contributed by atoms with van der Waals surface area (Å²) in [5.74, 6) is 0.889. The molecule has 1 N–H and O–H groups in total. The molecule has 1 aromatic carbocycles. The molecular formula is C22H30N4O2. The van der Waals surface area contributed by atoms with Gasteiger partial charge in [0.05, 0.1) is 19.2 Å². The van der Waals surface area contributed by atoms with Crippen LogP contribution >= 0.6 is 0 Å². The standard InChI is InChI=1S/C22H30N4O2/c1-28-19-10-8-17(9-11-19)21-7-3-2-4-14-25(21)22(27)20-12-15-26(24-20)18-6-5-13-23-16-18/h8-12,15,18,21,23H,2-7,13-14,16H2,1H3. The number of amides is 1. The van der Waals surface area contributed by atoms with E-state index in [4.69, 9.17) is 4.74 Å². The molecule has 2 aliphatic rings. The van der Waals surface area contributed by atoms with Gasteiger partial charge in [-0.1, -0.05) is 25.0 Å². The molecule has 150 valence electrons. The van der Waals surface area contributed by atoms with E-state index in [9.17, 15) is 4.79 Å². The number of hydrogen-bond donors (Lipinski definition) is 1. The van der Waals surface area contributed by atoms with Gasteiger partial charge in [0, 0.05) is 19.3 Å². The Hall–Kier alpha value is -2.34. The van der Waals surface area contributed by atoms with E-state index in [2.05, 4.69) is 22.5 Å². The van der Waals surface area contributed by atoms with Crippen LogP contribution < -0.4 is 10.1 Å². The Morgan fingerprint density at radius 1 is 1.11 bits per heavy atom. The van der Waals surface area contributed by atoms with Crippen LogP contribution in [-0.4, -0.2) is 47.3 Å². The van der Waals surface area contributed by atoms with Crippen LogP contribution in [0, 0.1) is 0 Å². The third kappa shape index (κ3) is 4.07. The Labute approximate surface area is 166 Å². The second-order valence-corrected chi connectivity index (χ2v) is 7.82. The van der Waals surface area contributed by atoms with Gasteiger partial charge in [0.1, 0.15) is 11.4 Å². The van der Waals surface area contributed by atoms with Gasteiger partial charge in [-0.2, -0.15) is 5.10 Å². The maximum atomic E-state index is 13.4. The second kappa shape index (κ2) is 8.78. The van der Waals surface area contributed by atoms with Crippen molar-refractivity contribution in [2.75, 3.05) is 26.7 Å². The van der Waals surface area contributed by atoms with E-state index in [1.54, 1.807) is 7.11 Å². The van der Waals surface area contributed by atoms with E-state index in [0.29, 0.717) is 11.7 Å². The van der Waals surface area contributed by atoms with Gasteiger partial charge in [-0.05, 0) is 56.0 Å². The average molecular weight is 383 g/mol. The number of piperidine rings is 1. The minimum Gasteiger partial charge on any atom is -0.497 e. The lowest BCUT2D eigenvalue weighted by atomic mass is 10.0. The number of nitrogens with one attached hydrogen (secondary N) is 1. The van der Waals surface area contributed by atoms with Crippen molar-refractivity contribution in [1.29, 1.82) is 0 Å². The molecule has 4 rings (SSSR count). The first-order chi connectivity index (χ1) is 13.8. The van der Waals surface area contributed by atoms with E-state index in [1.165, 1.54) is 12.0 Å². The molecule has 3 heterocycles. The molecule has 28 heavy (non-hydrogen) atoms. The number of benzene rings is 1. The van der Waals surface area contributed by atoms with Crippen molar-refractivity contribution in [2.24, 2.45) is 0 Å². The SMILES string of the molecule is COc1ccc(C2CCCCCN2C(=O)c2ccn(C3CCCNC3)n2)cc1. The number of hydrogen-bond acceptors (Lipinski definition) is 4. The van der Waals surface area contributed by atoms with E-state index in [1.807, 2.05) is 34.0 Å². The van der Waals surface area contributed by atoms with E-state index in [0.717, 1.165) is 57.5 Å². The van der Waals surface area contributed by atoms with Crippen molar-refractivity contribution in [3.05, 3.63) is 47.8 Å². The predicted molar refractivity (Wildman–Crippen MR) is 109 cm³/mol. The third-order valence-corrected chi connectivity index (χ3v) is 5.99. The lowest BCUT2D eigenvalue weighted by Gasteiger charge is -2.30. The summed E-state index contributed by atoms with van der Waals surface area (Å²) in [4.78, 5) is 15.4. The first-order valence-electron chi connectivity index (χ1n) is 10.5. The van der Waals surface area contributed by atoms with Gasteiger partial charge in [0.2, 0.25) is 0 Å². The van der Waals surface area contributed by atoms with Gasteiger partial charge >= 0.3 is 0 Å². The zero-order valence-electron chi connectivity index (χ0n) is 16.6. The quantitative estimate of drug-likeness (QED) is 0.878. The summed E-state index contributed by atoms with van der Waals surface area (Å²) in [5, 5.41) is 8.08. The van der Waals surface area contributed by atoms with E-state index < -0.39 is 0 Å². The maximum absolute atomic E-state index is 13.4. The van der Waals surface area contributed by atoms with Crippen LogP contribution in [0.3, 0.4) is 0 Å². The van der Waals surface area contributed by atoms with Crippen LogP contribution in [0.2, 0.25) is 0 Å². The average Bonchev–Trinajstić information content (AvgIpc) is 3.12. The molecule has 0 radical (unpaired) electrons. The fourth-order valence-electron chi connectivity index (χ4n) is 4.39. The largest absolute Gasteiger partial charge is 0.497 e. The van der Waals surface area contributed by atoms with Crippen LogP contribution in [0.25, 0.3) is 0 Å². The number of nitrogens with zero attached hydrogens (tertiary/aromatic N) is 3. The number of likely N-dealkylation sites (tertiary alicyclic amines) is 1. The van der Waals surface area contributed by atoms with Crippen LogP contribution in [-0.2, 0) is 0 Å². The van der Waals surface area contributed by atoms with Crippen LogP contribution in [0.1, 0.15) is 66.7 Å². The van der Waals surface area contributed by atoms with Crippen molar-refractivity contribution in [1.82, 2.24) is 20.0 Å². The Bertz CT molecular complexity index is 780. The summed E-state index contributed by atoms with van der Waals surface area (Å²) >= 11 is 0. The van der Waals surface area contributed by atoms with Gasteiger partial charge in [-0.25, -0.2) is 0 Å². The molecule has 0 bridgehead atoms. The molecule has 0 aliphatic carbocycles. The van der Waals surface area contributed by atoms with E-state index >= 15 is 0 Å². The summed E-state index contributed by atoms with van der Waals surface area (Å²) < 4.78 is 7.26. The molecule has 6 nitrogen and oxygen atoms in total. The Balaban J connectivity index is 1.55. The lowest BCUT2D eigenvalue weighted by Crippen LogP contribution is -2.35. The van der Waals surface area contributed by atoms with Crippen molar-refractivity contribution in [2.45, 2.75) is 50.6 Å². The molecule has 2 fully saturated rings. The first-order valence-corrected chi connectivity index (χ1v) is 10.5. The van der Waals surface area contributed by atoms with Crippen LogP contribution in [0.4, 0.5) is 0 Å². The topological polar surface area (TPSA) is 59.4 Å². The van der Waals surface area contributed by atoms with Gasteiger partial charge in [0.25, 0.3) is 5.91 Å². The fraction of sp³-hybridized carbons (Fsp3) is 0.545. The minimum atomic E-state index is 0.0465. The van der Waals surface area contributed by atoms with Crippen molar-refractivity contribution in [3.8, 4) is 5.75 Å². The number of rotatable bonds is 4. The molecule has 6 heteroatoms. The monoisotopic (exact) mass is 382 g/mol. The summed E-state index contributed by atoms with van der Waals surface area (Å²) in [6.45, 7) is 2.78. The van der Waals surface area contributed by atoms with Crippen molar-refractivity contribution < 1.29 is 9.53 Å². The summed E-state index contributed by atoms with van der Waals surface area (Å²) in [5.41, 5.74) is 1.73. The molecular weight excluding hydrogens is 352 g/mol. The third-order valence-electron chi connectivity index (χ3n) is 5.99. The molecule has 1 amide bonds. The summed E-state index contributed by atoms with van der Waals surface area (Å²) in [6, 6.07) is 10.5. The van der Waals surface area contributed by atoms with Gasteiger partial charge in [0.15, 0.2) is 0 Å². The minimum absolute atomic E-state index is 0.0465. The highest BCUT2D eigenvalue weighted by molar-refractivity contribution is 5.92. The Morgan fingerprint density at radius 3 is 2.71 bits per heavy atom. The molecule has 2 saturated heterocycles. The number of methoxy groups -OCH3 is 1. The van der Waals surface area contributed by atoms with Crippen LogP contribution in [0.15, 0.2) is 36.5 Å². The molecule has 0 spiro atoms. The Morgan fingerprint density at radius 2 is 1.96 bits per heavy atom. The smallest absolute Gasteiger partial charge is 0.274 e. The van der Waals surface area contributed by atoms with Crippen LogP contribution in [0.5, 0.6) is 5.75 Å². The zero-order valence-corrected chi connectivity index (χ0v) is 16.6. The molecule has 2 atom stereocenters. The molecule has 1 aromatic heterocycles. The first kappa shape index (κ1) is 19.0. The molecule has 2 aromatic rings. The summed E-state index contributed by atoms with van der Waals surface area (Å²) in [6.07, 6.45) is 8.57. The van der Waals surface area contributed by atoms with Gasteiger partial charge in [-0.3, -0.25) is 9.48 Å². The number of aromatic nitrogens is 2. The van der Waals surface area contributed by atoms with Crippen molar-refractivity contribution in [3.63, 3.8) is 0 Å². The van der Waals surface area contributed by atoms with Gasteiger partial charge < -0.3 is 15.0 Å². The molecule has 0 saturated carbocycles. The fourth-order valence-corrected chi connectivity index (χ4v) is 4.39. The molecule has 2 unspecified atom stereocenters. The second-order valence-electron chi connectivity index (χ2n) is 7.82. The highest BCUT2D eigenvalue weighted by atomic mass is 16.5. The highest BCUT2D eigenvalue weighted by Gasteiger charge is 2.29. The zero-order chi connectivity index (χ0) is 19.3. The summed E-state index contributed by atoms with van der Waals surface area (Å²) in [7, 11) is 1.68. The number of carbonyl (C=O) groups is 1. The highest BCUT2D eigenvalue weighted by Crippen LogP contribution is 2.32. The maximum Gasteiger partial charge on any atom is 0.274 e. The number of carbonyl (C=O) groups excluding carboxylic acids is 1. The molecule has 2 aliphatic heterocycles. The normalized spacial score (nSPS) is 23.2. The van der Waals surface area contributed by atoms with Crippen molar-refractivity contribution >= 4 is 5.91 Å².